The zero-order chi connectivity index (χ0) is 13.7. The Labute approximate surface area is 101 Å². The Balaban J connectivity index is 2.61. The molecular weight excluding hydrogens is 248 g/mol. The van der Waals surface area contributed by atoms with E-state index in [9.17, 15) is 18.4 Å². The first-order chi connectivity index (χ1) is 8.41. The van der Waals surface area contributed by atoms with Gasteiger partial charge in [-0.2, -0.15) is 0 Å². The number of carbonyl (C=O) groups excluding carboxylic acids is 2. The number of alkyl halides is 2. The van der Waals surface area contributed by atoms with Crippen LogP contribution in [0.25, 0.3) is 0 Å². The van der Waals surface area contributed by atoms with Crippen molar-refractivity contribution in [1.29, 1.82) is 0 Å². The fourth-order valence-electron chi connectivity index (χ4n) is 1.31. The van der Waals surface area contributed by atoms with Gasteiger partial charge in [0.2, 0.25) is 5.91 Å². The van der Waals surface area contributed by atoms with Gasteiger partial charge < -0.3 is 20.7 Å². The van der Waals surface area contributed by atoms with E-state index in [1.165, 1.54) is 18.3 Å². The number of halogens is 2. The first kappa shape index (κ1) is 14.1. The minimum Gasteiger partial charge on any atom is -0.381 e. The predicted molar refractivity (Wildman–Crippen MR) is 58.0 cm³/mol. The summed E-state index contributed by atoms with van der Waals surface area (Å²) in [6.45, 7) is -0.970. The molecule has 8 heteroatoms. The van der Waals surface area contributed by atoms with E-state index in [0.29, 0.717) is 0 Å². The highest BCUT2D eigenvalue weighted by atomic mass is 19.3. The molecule has 0 aliphatic heterocycles. The third kappa shape index (κ3) is 3.81. The first-order valence-corrected chi connectivity index (χ1v) is 5.10. The average molecular weight is 261 g/mol. The van der Waals surface area contributed by atoms with E-state index in [1.807, 2.05) is 0 Å². The lowest BCUT2D eigenvalue weighted by molar-refractivity contribution is -0.125. The van der Waals surface area contributed by atoms with Crippen LogP contribution in [0.3, 0.4) is 0 Å². The van der Waals surface area contributed by atoms with Crippen molar-refractivity contribution < 1.29 is 23.5 Å². The van der Waals surface area contributed by atoms with Crippen LogP contribution in [0.5, 0.6) is 0 Å². The van der Waals surface area contributed by atoms with Crippen molar-refractivity contribution in [2.75, 3.05) is 6.54 Å². The van der Waals surface area contributed by atoms with Crippen LogP contribution in [0, 0.1) is 0 Å². The molecule has 1 aromatic rings. The highest BCUT2D eigenvalue weighted by molar-refractivity contribution is 5.93. The maximum absolute atomic E-state index is 12.2. The Morgan fingerprint density at radius 1 is 1.50 bits per heavy atom. The number of hydrogen-bond acceptors (Lipinski definition) is 3. The quantitative estimate of drug-likeness (QED) is 0.633. The summed E-state index contributed by atoms with van der Waals surface area (Å²) >= 11 is 0. The summed E-state index contributed by atoms with van der Waals surface area (Å²) in [7, 11) is 0. The van der Waals surface area contributed by atoms with Gasteiger partial charge in [0.05, 0.1) is 13.1 Å². The topological polar surface area (TPSA) is 97.4 Å². The lowest BCUT2D eigenvalue weighted by Gasteiger charge is -2.11. The van der Waals surface area contributed by atoms with Crippen LogP contribution in [-0.2, 0) is 11.3 Å². The average Bonchev–Trinajstić information content (AvgIpc) is 2.72. The highest BCUT2D eigenvalue weighted by Crippen LogP contribution is 2.06. The second kappa shape index (κ2) is 6.10. The summed E-state index contributed by atoms with van der Waals surface area (Å²) < 4.78 is 25.5. The number of nitrogens with one attached hydrogen (secondary N) is 1. The number of carbonyl (C=O) groups is 2. The van der Waals surface area contributed by atoms with Crippen LogP contribution in [0.15, 0.2) is 18.3 Å². The van der Waals surface area contributed by atoms with Gasteiger partial charge in [0.1, 0.15) is 11.8 Å². The molecule has 0 aromatic carbocycles. The highest BCUT2D eigenvalue weighted by Gasteiger charge is 2.16. The SMILES string of the molecule is NC(=O)C(O)CNC(=O)c1cccn1CC(F)F. The van der Waals surface area contributed by atoms with Gasteiger partial charge in [-0.25, -0.2) is 8.78 Å². The van der Waals surface area contributed by atoms with Crippen LogP contribution in [-0.4, -0.2) is 40.6 Å². The van der Waals surface area contributed by atoms with Crippen LogP contribution in [0.4, 0.5) is 8.78 Å². The molecule has 1 rings (SSSR count). The Hall–Kier alpha value is -1.96. The van der Waals surface area contributed by atoms with Gasteiger partial charge in [-0.15, -0.1) is 0 Å². The van der Waals surface area contributed by atoms with Crippen molar-refractivity contribution >= 4 is 11.8 Å². The van der Waals surface area contributed by atoms with Crippen molar-refractivity contribution in [3.05, 3.63) is 24.0 Å². The molecule has 18 heavy (non-hydrogen) atoms. The van der Waals surface area contributed by atoms with E-state index in [-0.39, 0.29) is 12.2 Å². The number of nitrogens with two attached hydrogens (primary N) is 1. The summed E-state index contributed by atoms with van der Waals surface area (Å²) in [4.78, 5) is 22.1. The van der Waals surface area contributed by atoms with E-state index in [1.54, 1.807) is 0 Å². The Morgan fingerprint density at radius 3 is 2.72 bits per heavy atom. The number of amides is 2. The number of aromatic nitrogens is 1. The molecule has 2 amide bonds. The van der Waals surface area contributed by atoms with Crippen LogP contribution < -0.4 is 11.1 Å². The molecule has 0 bridgehead atoms. The molecule has 1 atom stereocenters. The normalized spacial score (nSPS) is 12.4. The summed E-state index contributed by atoms with van der Waals surface area (Å²) in [6.07, 6.45) is -2.75. The lowest BCUT2D eigenvalue weighted by atomic mass is 10.3. The van der Waals surface area contributed by atoms with Gasteiger partial charge in [-0.3, -0.25) is 9.59 Å². The van der Waals surface area contributed by atoms with Crippen LogP contribution in [0.1, 0.15) is 10.5 Å². The summed E-state index contributed by atoms with van der Waals surface area (Å²) in [5, 5.41) is 11.3. The smallest absolute Gasteiger partial charge is 0.268 e. The second-order valence-electron chi connectivity index (χ2n) is 3.57. The maximum Gasteiger partial charge on any atom is 0.268 e. The largest absolute Gasteiger partial charge is 0.381 e. The molecule has 1 aromatic heterocycles. The third-order valence-corrected chi connectivity index (χ3v) is 2.18. The number of rotatable bonds is 6. The lowest BCUT2D eigenvalue weighted by Crippen LogP contribution is -2.40. The van der Waals surface area contributed by atoms with Crippen molar-refractivity contribution in [3.63, 3.8) is 0 Å². The first-order valence-electron chi connectivity index (χ1n) is 5.10. The standard InChI is InChI=1S/C10H13F2N3O3/c11-8(12)5-15-3-1-2-6(15)10(18)14-4-7(16)9(13)17/h1-3,7-8,16H,4-5H2,(H2,13,17)(H,14,18). The van der Waals surface area contributed by atoms with Gasteiger partial charge in [-0.1, -0.05) is 0 Å². The Morgan fingerprint density at radius 2 is 2.17 bits per heavy atom. The molecule has 0 aliphatic rings. The van der Waals surface area contributed by atoms with Gasteiger partial charge in [0.15, 0.2) is 0 Å². The van der Waals surface area contributed by atoms with E-state index < -0.39 is 30.9 Å². The molecule has 0 fully saturated rings. The summed E-state index contributed by atoms with van der Waals surface area (Å²) in [6, 6.07) is 2.80. The number of aliphatic hydroxyl groups is 1. The van der Waals surface area contributed by atoms with E-state index in [0.717, 1.165) is 4.57 Å². The van der Waals surface area contributed by atoms with Gasteiger partial charge >= 0.3 is 0 Å². The molecule has 0 saturated heterocycles. The van der Waals surface area contributed by atoms with Gasteiger partial charge in [-0.05, 0) is 12.1 Å². The number of nitrogens with zero attached hydrogens (tertiary/aromatic N) is 1. The third-order valence-electron chi connectivity index (χ3n) is 2.18. The van der Waals surface area contributed by atoms with E-state index >= 15 is 0 Å². The van der Waals surface area contributed by atoms with Gasteiger partial charge in [0.25, 0.3) is 12.3 Å². The number of hydrogen-bond donors (Lipinski definition) is 3. The molecule has 6 nitrogen and oxygen atoms in total. The van der Waals surface area contributed by atoms with Crippen LogP contribution in [0.2, 0.25) is 0 Å². The molecule has 0 spiro atoms. The van der Waals surface area contributed by atoms with Crippen molar-refractivity contribution in [1.82, 2.24) is 9.88 Å². The zero-order valence-electron chi connectivity index (χ0n) is 9.35. The molecule has 4 N–H and O–H groups in total. The van der Waals surface area contributed by atoms with Gasteiger partial charge in [0, 0.05) is 6.20 Å². The minimum atomic E-state index is -2.58. The second-order valence-corrected chi connectivity index (χ2v) is 3.57. The minimum absolute atomic E-state index is 0.0203. The fraction of sp³-hybridized carbons (Fsp3) is 0.400. The molecule has 0 saturated carbocycles. The van der Waals surface area contributed by atoms with Crippen LogP contribution >= 0.6 is 0 Å². The Bertz CT molecular complexity index is 434. The maximum atomic E-state index is 12.2. The summed E-state index contributed by atoms with van der Waals surface area (Å²) in [5.74, 6) is -1.64. The molecule has 100 valence electrons. The zero-order valence-corrected chi connectivity index (χ0v) is 9.35. The van der Waals surface area contributed by atoms with E-state index in [2.05, 4.69) is 5.32 Å². The molecule has 1 unspecified atom stereocenters. The summed E-state index contributed by atoms with van der Waals surface area (Å²) in [5.41, 5.74) is 4.81. The number of aliphatic hydroxyl groups excluding tert-OH is 1. The van der Waals surface area contributed by atoms with E-state index in [4.69, 9.17) is 10.8 Å². The van der Waals surface area contributed by atoms with Crippen molar-refractivity contribution in [2.45, 2.75) is 19.1 Å². The van der Waals surface area contributed by atoms with Crippen molar-refractivity contribution in [3.8, 4) is 0 Å². The fourth-order valence-corrected chi connectivity index (χ4v) is 1.31. The monoisotopic (exact) mass is 261 g/mol. The molecule has 0 aliphatic carbocycles. The predicted octanol–water partition coefficient (Wildman–Crippen LogP) is -0.671. The molecular formula is C10H13F2N3O3. The molecule has 0 radical (unpaired) electrons. The number of primary amides is 1. The molecule has 1 heterocycles. The Kier molecular flexibility index (Phi) is 4.78. The van der Waals surface area contributed by atoms with Crippen molar-refractivity contribution in [2.24, 2.45) is 5.73 Å².